The Bertz CT molecular complexity index is 138. The van der Waals surface area contributed by atoms with Crippen molar-refractivity contribution in [3.8, 4) is 0 Å². The van der Waals surface area contributed by atoms with Crippen molar-refractivity contribution < 1.29 is 33.5 Å². The quantitative estimate of drug-likeness (QED) is 0.421. The maximum atomic E-state index is 8.56. The first-order valence-electron chi connectivity index (χ1n) is 2.74. The van der Waals surface area contributed by atoms with Crippen molar-refractivity contribution in [1.29, 1.82) is 0 Å². The van der Waals surface area contributed by atoms with Crippen molar-refractivity contribution in [2.75, 3.05) is 0 Å². The average Bonchev–Trinajstić information content (AvgIpc) is 1.85. The van der Waals surface area contributed by atoms with Crippen LogP contribution in [-0.4, -0.2) is 10.2 Å². The van der Waals surface area contributed by atoms with Gasteiger partial charge in [-0.3, -0.25) is 0 Å². The molecule has 0 heterocycles. The fourth-order valence-corrected chi connectivity index (χ4v) is 0.613. The molecule has 0 rings (SSSR count). The second-order valence-electron chi connectivity index (χ2n) is 1.71. The maximum absolute atomic E-state index is 8.56. The number of aliphatic hydroxyl groups excluding tert-OH is 2. The summed E-state index contributed by atoms with van der Waals surface area (Å²) in [5, 5.41) is 17.1. The van der Waals surface area contributed by atoms with E-state index in [1.54, 1.807) is 0 Å². The van der Waals surface area contributed by atoms with Crippen LogP contribution in [0.5, 0.6) is 0 Å². The molecule has 0 amide bonds. The zero-order valence-corrected chi connectivity index (χ0v) is 7.11. The van der Waals surface area contributed by atoms with Crippen LogP contribution >= 0.6 is 0 Å². The van der Waals surface area contributed by atoms with Crippen LogP contribution < -0.4 is 0 Å². The third-order valence-corrected chi connectivity index (χ3v) is 0.873. The molecule has 0 aliphatic heterocycles. The first-order chi connectivity index (χ1) is 5.13. The molecule has 0 unspecified atom stereocenters. The number of hydrogen-bond acceptors (Lipinski definition) is 4. The summed E-state index contributed by atoms with van der Waals surface area (Å²) in [6.45, 7) is 2.93. The summed E-state index contributed by atoms with van der Waals surface area (Å²) in [5.41, 5.74) is 0. The van der Waals surface area contributed by atoms with Crippen LogP contribution in [0.25, 0.3) is 0 Å². The molecule has 0 radical (unpaired) electrons. The summed E-state index contributed by atoms with van der Waals surface area (Å²) in [7, 11) is 0. The van der Waals surface area contributed by atoms with Gasteiger partial charge in [0.1, 0.15) is 0 Å². The van der Waals surface area contributed by atoms with Gasteiger partial charge >= 0.3 is 71.4 Å². The van der Waals surface area contributed by atoms with Gasteiger partial charge in [0.25, 0.3) is 0 Å². The van der Waals surface area contributed by atoms with Crippen molar-refractivity contribution in [1.82, 2.24) is 0 Å². The molecule has 0 spiro atoms. The second-order valence-corrected chi connectivity index (χ2v) is 2.31. The van der Waals surface area contributed by atoms with Crippen LogP contribution in [0.3, 0.4) is 0 Å². The van der Waals surface area contributed by atoms with Gasteiger partial charge in [0.15, 0.2) is 0 Å². The van der Waals surface area contributed by atoms with Crippen LogP contribution in [0, 0.1) is 0 Å². The van der Waals surface area contributed by atoms with E-state index < -0.39 is 0 Å². The molecule has 5 heteroatoms. The Morgan fingerprint density at radius 3 is 1.73 bits per heavy atom. The van der Waals surface area contributed by atoms with E-state index in [9.17, 15) is 0 Å². The van der Waals surface area contributed by atoms with Gasteiger partial charge in [-0.05, 0) is 0 Å². The zero-order valence-electron chi connectivity index (χ0n) is 6.17. The summed E-state index contributed by atoms with van der Waals surface area (Å²) in [4.78, 5) is 0. The molecule has 0 aromatic heterocycles. The van der Waals surface area contributed by atoms with E-state index >= 15 is 0 Å². The van der Waals surface area contributed by atoms with Crippen molar-refractivity contribution in [2.24, 2.45) is 0 Å². The first-order valence-corrected chi connectivity index (χ1v) is 3.51. The number of rotatable bonds is 4. The normalized spacial score (nSPS) is 13.3. The minimum atomic E-state index is 0.0444. The fraction of sp³-hybridized carbons (Fsp3) is 0.333. The van der Waals surface area contributed by atoms with Gasteiger partial charge in [0, 0.05) is 0 Å². The average molecular weight is 210 g/mol. The Labute approximate surface area is 71.9 Å². The summed E-state index contributed by atoms with van der Waals surface area (Å²) in [6.07, 6.45) is 2.22. The molecule has 0 bridgehead atoms. The van der Waals surface area contributed by atoms with E-state index in [0.29, 0.717) is 0 Å². The summed E-state index contributed by atoms with van der Waals surface area (Å²) in [6, 6.07) is 0. The van der Waals surface area contributed by atoms with Gasteiger partial charge in [0.2, 0.25) is 0 Å². The molecule has 0 aliphatic rings. The van der Waals surface area contributed by atoms with E-state index in [2.05, 4.69) is 7.64 Å². The molecule has 0 fully saturated rings. The topological polar surface area (TPSA) is 58.9 Å². The summed E-state index contributed by atoms with van der Waals surface area (Å²) >= 11 is 0.721. The molecule has 69 valence electrons. The fourth-order valence-electron chi connectivity index (χ4n) is 0.149. The predicted molar refractivity (Wildman–Crippen MR) is 34.9 cm³/mol. The molecular formula is C6H10CuO4. The third kappa shape index (κ3) is 9.20. The molecule has 0 aromatic carbocycles. The van der Waals surface area contributed by atoms with Gasteiger partial charge in [-0.15, -0.1) is 0 Å². The van der Waals surface area contributed by atoms with Crippen LogP contribution in [0.4, 0.5) is 0 Å². The Morgan fingerprint density at radius 1 is 1.09 bits per heavy atom. The zero-order chi connectivity index (χ0) is 8.69. The van der Waals surface area contributed by atoms with Crippen LogP contribution in [0.1, 0.15) is 13.8 Å². The van der Waals surface area contributed by atoms with Crippen LogP contribution in [0.2, 0.25) is 0 Å². The van der Waals surface area contributed by atoms with Crippen molar-refractivity contribution in [3.05, 3.63) is 24.0 Å². The van der Waals surface area contributed by atoms with E-state index in [4.69, 9.17) is 10.2 Å². The molecule has 0 atom stereocenters. The van der Waals surface area contributed by atoms with Gasteiger partial charge < -0.3 is 0 Å². The van der Waals surface area contributed by atoms with Gasteiger partial charge in [-0.1, -0.05) is 0 Å². The van der Waals surface area contributed by atoms with Crippen LogP contribution in [-0.2, 0) is 23.3 Å². The van der Waals surface area contributed by atoms with E-state index in [1.165, 1.54) is 13.8 Å². The Balaban J connectivity index is 3.29. The van der Waals surface area contributed by atoms with Crippen LogP contribution in [0.15, 0.2) is 24.0 Å². The molecule has 0 aromatic rings. The van der Waals surface area contributed by atoms with Crippen molar-refractivity contribution in [2.45, 2.75) is 13.8 Å². The minimum absolute atomic E-state index is 0.0444. The van der Waals surface area contributed by atoms with E-state index in [-0.39, 0.29) is 11.5 Å². The Morgan fingerprint density at radius 2 is 1.45 bits per heavy atom. The van der Waals surface area contributed by atoms with Gasteiger partial charge in [-0.25, -0.2) is 0 Å². The van der Waals surface area contributed by atoms with E-state index in [0.717, 1.165) is 28.1 Å². The standard InChI is InChI=1S/2C3H6O2.Cu/c2*1-3(5)2-4;/h2*2,4-5H,1H3;/q;;+2/p-2. The SMILES string of the molecule is CC(O)=C[O][Cu][O]C=C(C)O. The molecule has 2 N–H and O–H groups in total. The number of allylic oxidation sites excluding steroid dienone is 2. The second kappa shape index (κ2) is 5.95. The molecule has 0 aliphatic carbocycles. The monoisotopic (exact) mass is 209 g/mol. The van der Waals surface area contributed by atoms with Crippen molar-refractivity contribution >= 4 is 0 Å². The summed E-state index contributed by atoms with van der Waals surface area (Å²) < 4.78 is 9.12. The van der Waals surface area contributed by atoms with E-state index in [1.807, 2.05) is 0 Å². The predicted octanol–water partition coefficient (Wildman–Crippen LogP) is 1.77. The van der Waals surface area contributed by atoms with Gasteiger partial charge in [0.05, 0.1) is 0 Å². The molecule has 4 nitrogen and oxygen atoms in total. The number of aliphatic hydroxyl groups is 2. The van der Waals surface area contributed by atoms with Crippen molar-refractivity contribution in [3.63, 3.8) is 0 Å². The number of hydrogen-bond donors (Lipinski definition) is 2. The Hall–Kier alpha value is -0.801. The molecule has 0 saturated carbocycles. The first kappa shape index (κ1) is 10.2. The Kier molecular flexibility index (Phi) is 5.51. The summed E-state index contributed by atoms with van der Waals surface area (Å²) in [5.74, 6) is 0.0889. The molecular weight excluding hydrogens is 200 g/mol. The molecule has 11 heavy (non-hydrogen) atoms. The third-order valence-electron chi connectivity index (χ3n) is 0.470. The molecule has 0 saturated heterocycles. The van der Waals surface area contributed by atoms with Gasteiger partial charge in [-0.2, -0.15) is 0 Å².